The van der Waals surface area contributed by atoms with Crippen molar-refractivity contribution in [3.05, 3.63) is 236 Å². The maximum Gasteiger partial charge on any atom is 0.268 e. The number of pyridine rings is 1. The van der Waals surface area contributed by atoms with Crippen LogP contribution in [0.15, 0.2) is 206 Å². The quantitative estimate of drug-likeness (QED) is 0.118. The number of hydrogen-bond donors (Lipinski definition) is 0. The van der Waals surface area contributed by atoms with Crippen LogP contribution in [0.1, 0.15) is 52.7 Å². The average molecular weight is 1140 g/mol. The third kappa shape index (κ3) is 7.90. The van der Waals surface area contributed by atoms with Gasteiger partial charge in [0.25, 0.3) is 6.33 Å². The fraction of sp³-hybridized carbons (Fsp3) is 0.118. The number of ether oxygens (including phenoxy) is 1. The van der Waals surface area contributed by atoms with Crippen LogP contribution in [0.25, 0.3) is 106 Å². The molecule has 362 valence electrons. The normalized spacial score (nSPS) is 12.1. The minimum Gasteiger partial charge on any atom is -0.510 e. The Kier molecular flexibility index (Phi) is 11.5. The molecule has 0 atom stereocenters. The predicted octanol–water partition coefficient (Wildman–Crippen LogP) is 16.8. The van der Waals surface area contributed by atoms with Gasteiger partial charge in [-0.2, -0.15) is 18.2 Å². The molecular weight excluding hydrogens is 1080 g/mol. The molecule has 6 heteroatoms. The maximum absolute atomic E-state index is 6.87. The molecule has 0 saturated heterocycles. The molecule has 0 aliphatic heterocycles. The standard InChI is InChI=1S/C68H52N4O.Pt/c1-67(2,3)47-24-14-23-46(39-47)53-30-18-29-52(44-19-8-7-9-20-44)65(53)71-43-70(59-33-12-13-34-60(59)71)49-25-17-26-50(41-49)73-51-35-36-57-61(42-51)72(62-40-48(37-38-69-62)68(4,5)6)66-56-28-11-10-27-54(56)55-31-15-21-45-22-16-32-58(63(45)55)64(57)66;/h7-40H,1-6H3;/q-2;. The van der Waals surface area contributed by atoms with Gasteiger partial charge in [-0.25, -0.2) is 4.98 Å². The topological polar surface area (TPSA) is 35.9 Å². The van der Waals surface area contributed by atoms with Crippen molar-refractivity contribution < 1.29 is 30.4 Å². The van der Waals surface area contributed by atoms with Crippen LogP contribution >= 0.6 is 0 Å². The molecule has 0 fully saturated rings. The summed E-state index contributed by atoms with van der Waals surface area (Å²) in [5, 5.41) is 3.51. The number of aromatic nitrogens is 4. The van der Waals surface area contributed by atoms with Crippen LogP contribution in [0.2, 0.25) is 0 Å². The molecule has 13 rings (SSSR count). The van der Waals surface area contributed by atoms with E-state index < -0.39 is 0 Å². The van der Waals surface area contributed by atoms with Gasteiger partial charge in [0.15, 0.2) is 0 Å². The predicted molar refractivity (Wildman–Crippen MR) is 298 cm³/mol. The maximum atomic E-state index is 6.87. The molecule has 0 radical (unpaired) electrons. The fourth-order valence-electron chi connectivity index (χ4n) is 10.9. The molecule has 0 amide bonds. The van der Waals surface area contributed by atoms with Gasteiger partial charge in [0, 0.05) is 50.0 Å². The first-order valence-corrected chi connectivity index (χ1v) is 25.1. The van der Waals surface area contributed by atoms with E-state index in [1.165, 1.54) is 38.6 Å². The Balaban J connectivity index is 0.00000556. The number of nitrogens with zero attached hydrogens (tertiary/aromatic N) is 4. The molecule has 0 unspecified atom stereocenters. The van der Waals surface area contributed by atoms with Crippen molar-refractivity contribution >= 4 is 32.7 Å². The van der Waals surface area contributed by atoms with Crippen molar-refractivity contribution in [1.29, 1.82) is 0 Å². The van der Waals surface area contributed by atoms with E-state index in [-0.39, 0.29) is 31.9 Å². The summed E-state index contributed by atoms with van der Waals surface area (Å²) in [5.41, 5.74) is 18.6. The van der Waals surface area contributed by atoms with E-state index in [2.05, 4.69) is 256 Å². The van der Waals surface area contributed by atoms with E-state index in [9.17, 15) is 0 Å². The van der Waals surface area contributed by atoms with Gasteiger partial charge < -0.3 is 13.9 Å². The van der Waals surface area contributed by atoms with Crippen molar-refractivity contribution in [3.63, 3.8) is 0 Å². The molecule has 0 N–H and O–H groups in total. The smallest absolute Gasteiger partial charge is 0.268 e. The molecule has 0 spiro atoms. The van der Waals surface area contributed by atoms with Crippen LogP contribution in [0.3, 0.4) is 0 Å². The van der Waals surface area contributed by atoms with Crippen molar-refractivity contribution in [2.45, 2.75) is 52.4 Å². The van der Waals surface area contributed by atoms with Crippen LogP contribution < -0.4 is 9.30 Å². The monoisotopic (exact) mass is 1140 g/mol. The first-order chi connectivity index (χ1) is 35.5. The van der Waals surface area contributed by atoms with Crippen molar-refractivity contribution in [3.8, 4) is 84.5 Å². The van der Waals surface area contributed by atoms with Crippen LogP contribution in [-0.2, 0) is 31.9 Å². The summed E-state index contributed by atoms with van der Waals surface area (Å²) < 4.78 is 13.5. The Morgan fingerprint density at radius 3 is 1.93 bits per heavy atom. The van der Waals surface area contributed by atoms with E-state index >= 15 is 0 Å². The summed E-state index contributed by atoms with van der Waals surface area (Å²) in [7, 11) is 0. The van der Waals surface area contributed by atoms with Gasteiger partial charge in [0.05, 0.1) is 16.7 Å². The Morgan fingerprint density at radius 2 is 1.14 bits per heavy atom. The first kappa shape index (κ1) is 46.9. The molecule has 0 bridgehead atoms. The minimum absolute atomic E-state index is 0. The molecule has 1 aliphatic rings. The van der Waals surface area contributed by atoms with Crippen molar-refractivity contribution in [2.75, 3.05) is 0 Å². The van der Waals surface area contributed by atoms with Crippen LogP contribution in [0.5, 0.6) is 11.5 Å². The second-order valence-electron chi connectivity index (χ2n) is 21.2. The SMILES string of the molecule is CC(C)(C)c1cccc(-c2cccc(-c3ccccc3)c2-[n+]2[c-]n(-c3[c-]c(Oc4[c-]c5c(cc4)c4c(n5-c5cc(C(C)(C)C)ccn5)-c5ccccc5-c5cccc6cccc-4c56)ccc3)c3ccccc32)c1.[Pt]. The van der Waals surface area contributed by atoms with Gasteiger partial charge >= 0.3 is 0 Å². The summed E-state index contributed by atoms with van der Waals surface area (Å²) in [6.07, 6.45) is 5.76. The molecular formula is C68H52N4OPt-2. The molecule has 5 nitrogen and oxygen atoms in total. The second-order valence-corrected chi connectivity index (χ2v) is 21.2. The molecule has 74 heavy (non-hydrogen) atoms. The second kappa shape index (κ2) is 18.1. The van der Waals surface area contributed by atoms with Gasteiger partial charge in [0.2, 0.25) is 0 Å². The number of fused-ring (bicyclic) bond motifs is 8. The van der Waals surface area contributed by atoms with E-state index in [0.29, 0.717) is 11.5 Å². The molecule has 12 aromatic rings. The number of benzene rings is 9. The Morgan fingerprint density at radius 1 is 0.514 bits per heavy atom. The van der Waals surface area contributed by atoms with E-state index in [1.54, 1.807) is 0 Å². The average Bonchev–Trinajstić information content (AvgIpc) is 3.94. The largest absolute Gasteiger partial charge is 0.510 e. The fourth-order valence-corrected chi connectivity index (χ4v) is 10.9. The van der Waals surface area contributed by atoms with E-state index in [4.69, 9.17) is 9.72 Å². The summed E-state index contributed by atoms with van der Waals surface area (Å²) in [6.45, 7) is 13.5. The minimum atomic E-state index is -0.0937. The van der Waals surface area contributed by atoms with Crippen molar-refractivity contribution in [2.24, 2.45) is 0 Å². The van der Waals surface area contributed by atoms with Gasteiger partial charge in [-0.05, 0) is 95.1 Å². The Hall–Kier alpha value is -8.11. The summed E-state index contributed by atoms with van der Waals surface area (Å²) >= 11 is 0. The number of rotatable bonds is 7. The van der Waals surface area contributed by atoms with Gasteiger partial charge in [-0.1, -0.05) is 205 Å². The van der Waals surface area contributed by atoms with Gasteiger partial charge in [-0.15, -0.1) is 29.7 Å². The van der Waals surface area contributed by atoms with E-state index in [0.717, 1.165) is 78.2 Å². The molecule has 9 aromatic carbocycles. The van der Waals surface area contributed by atoms with Gasteiger partial charge in [0.1, 0.15) is 5.82 Å². The zero-order valence-electron chi connectivity index (χ0n) is 42.1. The van der Waals surface area contributed by atoms with E-state index in [1.807, 2.05) is 24.4 Å². The summed E-state index contributed by atoms with van der Waals surface area (Å²) in [6, 6.07) is 78.9. The third-order valence-corrected chi connectivity index (χ3v) is 14.5. The zero-order chi connectivity index (χ0) is 49.6. The van der Waals surface area contributed by atoms with Crippen molar-refractivity contribution in [1.82, 2.24) is 14.1 Å². The molecule has 1 aliphatic carbocycles. The Bertz CT molecular complexity index is 4140. The Labute approximate surface area is 447 Å². The summed E-state index contributed by atoms with van der Waals surface area (Å²) in [4.78, 5) is 5.11. The molecule has 3 aromatic heterocycles. The van der Waals surface area contributed by atoms with Crippen LogP contribution in [0, 0.1) is 18.5 Å². The number of imidazole rings is 1. The molecule has 0 saturated carbocycles. The molecule has 3 heterocycles. The number of para-hydroxylation sites is 3. The third-order valence-electron chi connectivity index (χ3n) is 14.5. The first-order valence-electron chi connectivity index (χ1n) is 25.1. The summed E-state index contributed by atoms with van der Waals surface area (Å²) in [5.74, 6) is 1.96. The van der Waals surface area contributed by atoms with Gasteiger partial charge in [-0.3, -0.25) is 4.57 Å². The number of hydrogen-bond acceptors (Lipinski definition) is 2. The van der Waals surface area contributed by atoms with Crippen LogP contribution in [0.4, 0.5) is 0 Å². The van der Waals surface area contributed by atoms with Crippen LogP contribution in [-0.4, -0.2) is 14.1 Å². The zero-order valence-corrected chi connectivity index (χ0v) is 44.4.